The highest BCUT2D eigenvalue weighted by Gasteiger charge is 2.14. The Morgan fingerprint density at radius 3 is 2.44 bits per heavy atom. The van der Waals surface area contributed by atoms with Crippen LogP contribution in [0.5, 0.6) is 11.5 Å². The molecular formula is C20H24ClNO3. The van der Waals surface area contributed by atoms with Crippen molar-refractivity contribution in [2.24, 2.45) is 0 Å². The molecule has 0 heterocycles. The smallest absolute Gasteiger partial charge is 0.260 e. The minimum absolute atomic E-state index is 0.185. The lowest BCUT2D eigenvalue weighted by molar-refractivity contribution is -0.127. The molecule has 1 N–H and O–H groups in total. The molecule has 2 aromatic rings. The van der Waals surface area contributed by atoms with Crippen LogP contribution in [0.4, 0.5) is 0 Å². The Hall–Kier alpha value is -2.20. The average molecular weight is 362 g/mol. The predicted octanol–water partition coefficient (Wildman–Crippen LogP) is 4.43. The number of hydrogen-bond donors (Lipinski definition) is 1. The Labute approximate surface area is 154 Å². The summed E-state index contributed by atoms with van der Waals surface area (Å²) in [4.78, 5) is 12.1. The van der Waals surface area contributed by atoms with Gasteiger partial charge in [0.05, 0.1) is 6.54 Å². The molecule has 0 aliphatic carbocycles. The van der Waals surface area contributed by atoms with Crippen molar-refractivity contribution in [2.45, 2.75) is 32.8 Å². The van der Waals surface area contributed by atoms with Crippen molar-refractivity contribution in [3.05, 3.63) is 59.1 Å². The maximum Gasteiger partial charge on any atom is 0.260 e. The first-order valence-corrected chi connectivity index (χ1v) is 8.77. The summed E-state index contributed by atoms with van der Waals surface area (Å²) in [6.45, 7) is 6.78. The molecule has 0 fully saturated rings. The van der Waals surface area contributed by atoms with Crippen molar-refractivity contribution in [3.63, 3.8) is 0 Å². The van der Waals surface area contributed by atoms with Gasteiger partial charge in [0, 0.05) is 5.02 Å². The highest BCUT2D eigenvalue weighted by Crippen LogP contribution is 2.25. The summed E-state index contributed by atoms with van der Waals surface area (Å²) in [5.41, 5.74) is 1.16. The molecule has 0 saturated heterocycles. The number of carbonyl (C=O) groups excluding carboxylic acids is 1. The van der Waals surface area contributed by atoms with Gasteiger partial charge in [-0.1, -0.05) is 43.6 Å². The Morgan fingerprint density at radius 2 is 1.76 bits per heavy atom. The Balaban J connectivity index is 1.76. The third-order valence-corrected chi connectivity index (χ3v) is 3.95. The molecule has 4 nitrogen and oxygen atoms in total. The number of ether oxygens (including phenoxy) is 2. The monoisotopic (exact) mass is 361 g/mol. The summed E-state index contributed by atoms with van der Waals surface area (Å²) in [5, 5.41) is 3.45. The fourth-order valence-electron chi connectivity index (χ4n) is 2.34. The van der Waals surface area contributed by atoms with Crippen LogP contribution in [0.25, 0.3) is 0 Å². The summed E-state index contributed by atoms with van der Waals surface area (Å²) in [7, 11) is 0. The number of benzene rings is 2. The van der Waals surface area contributed by atoms with Crippen LogP contribution in [-0.2, 0) is 4.79 Å². The Kier molecular flexibility index (Phi) is 7.14. The maximum atomic E-state index is 12.1. The van der Waals surface area contributed by atoms with Crippen LogP contribution in [0.1, 0.15) is 32.3 Å². The third kappa shape index (κ3) is 5.98. The zero-order chi connectivity index (χ0) is 18.2. The number of carbonyl (C=O) groups is 1. The summed E-state index contributed by atoms with van der Waals surface area (Å²) in [6.07, 6.45) is -0.593. The molecule has 1 amide bonds. The van der Waals surface area contributed by atoms with Crippen LogP contribution in [0, 0.1) is 0 Å². The van der Waals surface area contributed by atoms with Gasteiger partial charge in [-0.15, -0.1) is 0 Å². The van der Waals surface area contributed by atoms with Crippen molar-refractivity contribution in [1.29, 1.82) is 0 Å². The van der Waals surface area contributed by atoms with Crippen LogP contribution in [0.15, 0.2) is 48.5 Å². The van der Waals surface area contributed by atoms with Crippen molar-refractivity contribution < 1.29 is 14.3 Å². The lowest BCUT2D eigenvalue weighted by Gasteiger charge is -2.16. The lowest BCUT2D eigenvalue weighted by atomic mass is 10.0. The van der Waals surface area contributed by atoms with Crippen LogP contribution in [-0.4, -0.2) is 25.2 Å². The van der Waals surface area contributed by atoms with E-state index in [1.54, 1.807) is 31.2 Å². The van der Waals surface area contributed by atoms with Gasteiger partial charge in [-0.3, -0.25) is 4.79 Å². The number of halogens is 1. The van der Waals surface area contributed by atoms with E-state index in [0.717, 1.165) is 11.3 Å². The van der Waals surface area contributed by atoms with Gasteiger partial charge in [-0.25, -0.2) is 0 Å². The molecule has 0 aliphatic rings. The first-order chi connectivity index (χ1) is 12.0. The summed E-state index contributed by atoms with van der Waals surface area (Å²) in [6, 6.07) is 14.9. The standard InChI is InChI=1S/C20H24ClNO3/c1-14(2)18-6-4-5-7-19(18)24-13-12-22-20(23)15(3)25-17-10-8-16(21)9-11-17/h4-11,14-15H,12-13H2,1-3H3,(H,22,23). The van der Waals surface area contributed by atoms with E-state index in [-0.39, 0.29) is 5.91 Å². The summed E-state index contributed by atoms with van der Waals surface area (Å²) < 4.78 is 11.4. The average Bonchev–Trinajstić information content (AvgIpc) is 2.60. The molecule has 1 atom stereocenters. The highest BCUT2D eigenvalue weighted by molar-refractivity contribution is 6.30. The second-order valence-electron chi connectivity index (χ2n) is 6.05. The van der Waals surface area contributed by atoms with E-state index < -0.39 is 6.10 Å². The van der Waals surface area contributed by atoms with Gasteiger partial charge in [0.2, 0.25) is 0 Å². The van der Waals surface area contributed by atoms with E-state index in [0.29, 0.717) is 29.8 Å². The van der Waals surface area contributed by atoms with Crippen LogP contribution in [0.3, 0.4) is 0 Å². The maximum absolute atomic E-state index is 12.1. The highest BCUT2D eigenvalue weighted by atomic mass is 35.5. The SMILES string of the molecule is CC(Oc1ccc(Cl)cc1)C(=O)NCCOc1ccccc1C(C)C. The van der Waals surface area contributed by atoms with E-state index in [1.807, 2.05) is 18.2 Å². The molecule has 134 valence electrons. The predicted molar refractivity (Wildman–Crippen MR) is 101 cm³/mol. The molecule has 2 aromatic carbocycles. The number of hydrogen-bond acceptors (Lipinski definition) is 3. The molecule has 2 rings (SSSR count). The van der Waals surface area contributed by atoms with E-state index in [2.05, 4.69) is 25.2 Å². The van der Waals surface area contributed by atoms with Gasteiger partial charge in [0.25, 0.3) is 5.91 Å². The molecule has 0 bridgehead atoms. The number of para-hydroxylation sites is 1. The Morgan fingerprint density at radius 1 is 1.08 bits per heavy atom. The van der Waals surface area contributed by atoms with Crippen molar-refractivity contribution in [3.8, 4) is 11.5 Å². The molecule has 1 unspecified atom stereocenters. The van der Waals surface area contributed by atoms with E-state index in [1.165, 1.54) is 0 Å². The number of amides is 1. The Bertz CT molecular complexity index is 686. The van der Waals surface area contributed by atoms with E-state index in [4.69, 9.17) is 21.1 Å². The van der Waals surface area contributed by atoms with Crippen molar-refractivity contribution in [2.75, 3.05) is 13.2 Å². The largest absolute Gasteiger partial charge is 0.491 e. The minimum Gasteiger partial charge on any atom is -0.491 e. The molecule has 0 saturated carbocycles. The van der Waals surface area contributed by atoms with Gasteiger partial charge in [0.15, 0.2) is 6.10 Å². The van der Waals surface area contributed by atoms with Gasteiger partial charge in [-0.05, 0) is 48.7 Å². The first-order valence-electron chi connectivity index (χ1n) is 8.39. The summed E-state index contributed by atoms with van der Waals surface area (Å²) >= 11 is 5.83. The second kappa shape index (κ2) is 9.33. The number of rotatable bonds is 8. The zero-order valence-corrected chi connectivity index (χ0v) is 15.5. The first kappa shape index (κ1) is 19.1. The molecular weight excluding hydrogens is 338 g/mol. The van der Waals surface area contributed by atoms with Crippen LogP contribution >= 0.6 is 11.6 Å². The molecule has 5 heteroatoms. The van der Waals surface area contributed by atoms with Gasteiger partial charge < -0.3 is 14.8 Å². The second-order valence-corrected chi connectivity index (χ2v) is 6.48. The minimum atomic E-state index is -0.593. The van der Waals surface area contributed by atoms with Gasteiger partial charge >= 0.3 is 0 Å². The molecule has 25 heavy (non-hydrogen) atoms. The fraction of sp³-hybridized carbons (Fsp3) is 0.350. The molecule has 0 aromatic heterocycles. The van der Waals surface area contributed by atoms with E-state index in [9.17, 15) is 4.79 Å². The zero-order valence-electron chi connectivity index (χ0n) is 14.8. The summed E-state index contributed by atoms with van der Waals surface area (Å²) in [5.74, 6) is 1.67. The topological polar surface area (TPSA) is 47.6 Å². The van der Waals surface area contributed by atoms with Crippen LogP contribution < -0.4 is 14.8 Å². The normalized spacial score (nSPS) is 11.9. The fourth-order valence-corrected chi connectivity index (χ4v) is 2.46. The van der Waals surface area contributed by atoms with Crippen LogP contribution in [0.2, 0.25) is 5.02 Å². The molecule has 0 radical (unpaired) electrons. The quantitative estimate of drug-likeness (QED) is 0.708. The van der Waals surface area contributed by atoms with Crippen molar-refractivity contribution in [1.82, 2.24) is 5.32 Å². The lowest BCUT2D eigenvalue weighted by Crippen LogP contribution is -2.38. The van der Waals surface area contributed by atoms with Crippen molar-refractivity contribution >= 4 is 17.5 Å². The molecule has 0 spiro atoms. The van der Waals surface area contributed by atoms with Gasteiger partial charge in [0.1, 0.15) is 18.1 Å². The van der Waals surface area contributed by atoms with Gasteiger partial charge in [-0.2, -0.15) is 0 Å². The third-order valence-electron chi connectivity index (χ3n) is 3.70. The molecule has 0 aliphatic heterocycles. The number of nitrogens with one attached hydrogen (secondary N) is 1. The van der Waals surface area contributed by atoms with E-state index >= 15 is 0 Å².